The van der Waals surface area contributed by atoms with Crippen molar-refractivity contribution in [2.24, 2.45) is 0 Å². The van der Waals surface area contributed by atoms with E-state index in [-0.39, 0.29) is 23.9 Å². The molecule has 4 aromatic rings. The van der Waals surface area contributed by atoms with Crippen molar-refractivity contribution in [2.45, 2.75) is 39.3 Å². The van der Waals surface area contributed by atoms with Gasteiger partial charge < -0.3 is 14.9 Å². The Kier molecular flexibility index (Phi) is 6.42. The van der Waals surface area contributed by atoms with E-state index in [1.54, 1.807) is 19.1 Å². The molecule has 2 N–H and O–H groups in total. The molecule has 0 aliphatic heterocycles. The van der Waals surface area contributed by atoms with Gasteiger partial charge in [-0.25, -0.2) is 4.98 Å². The third-order valence-corrected chi connectivity index (χ3v) is 5.75. The molecule has 0 radical (unpaired) electrons. The molecule has 6 nitrogen and oxygen atoms in total. The highest BCUT2D eigenvalue weighted by Gasteiger charge is 2.19. The summed E-state index contributed by atoms with van der Waals surface area (Å²) >= 11 is 6.06. The van der Waals surface area contributed by atoms with E-state index in [4.69, 9.17) is 11.6 Å². The quantitative estimate of drug-likeness (QED) is 0.441. The zero-order chi connectivity index (χ0) is 22.7. The summed E-state index contributed by atoms with van der Waals surface area (Å²) < 4.78 is 2.15. The monoisotopic (exact) mass is 448 g/mol. The molecule has 0 saturated heterocycles. The Hall–Kier alpha value is -3.38. The number of nitrogens with one attached hydrogen (secondary N) is 2. The first-order chi connectivity index (χ1) is 15.4. The molecule has 0 aliphatic carbocycles. The standard InChI is InChI=1S/C25H25ClN4O2/c1-3-30-15-18(21-6-4-5-7-23(21)30)12-24(31)29-22(17-8-10-19(26)11-9-17)13-20-14-25(32)28-16(2)27-20/h4-11,14-15,22H,3,12-13H2,1-2H3,(H,29,31)(H,27,28,32)/t22-/m1/s1. The molecule has 1 atom stereocenters. The van der Waals surface area contributed by atoms with Gasteiger partial charge in [-0.15, -0.1) is 0 Å². The topological polar surface area (TPSA) is 79.8 Å². The Balaban J connectivity index is 1.60. The number of aromatic nitrogens is 3. The number of aromatic amines is 1. The van der Waals surface area contributed by atoms with Gasteiger partial charge in [-0.2, -0.15) is 0 Å². The van der Waals surface area contributed by atoms with Gasteiger partial charge in [-0.3, -0.25) is 9.59 Å². The third-order valence-electron chi connectivity index (χ3n) is 5.50. The molecule has 0 bridgehead atoms. The van der Waals surface area contributed by atoms with Gasteiger partial charge in [0.1, 0.15) is 5.82 Å². The van der Waals surface area contributed by atoms with Crippen molar-refractivity contribution in [1.82, 2.24) is 19.9 Å². The fourth-order valence-electron chi connectivity index (χ4n) is 4.05. The fourth-order valence-corrected chi connectivity index (χ4v) is 4.17. The Morgan fingerprint density at radius 1 is 1.19 bits per heavy atom. The van der Waals surface area contributed by atoms with Crippen LogP contribution >= 0.6 is 11.6 Å². The number of rotatable bonds is 7. The Morgan fingerprint density at radius 2 is 1.94 bits per heavy atom. The maximum atomic E-state index is 13.1. The highest BCUT2D eigenvalue weighted by molar-refractivity contribution is 6.30. The molecule has 1 amide bonds. The molecule has 0 spiro atoms. The van der Waals surface area contributed by atoms with E-state index in [1.807, 2.05) is 36.5 Å². The van der Waals surface area contributed by atoms with Gasteiger partial charge in [0.2, 0.25) is 5.91 Å². The first-order valence-electron chi connectivity index (χ1n) is 10.6. The zero-order valence-corrected chi connectivity index (χ0v) is 18.8. The van der Waals surface area contributed by atoms with Gasteiger partial charge >= 0.3 is 0 Å². The van der Waals surface area contributed by atoms with Gasteiger partial charge in [-0.1, -0.05) is 41.9 Å². The fraction of sp³-hybridized carbons (Fsp3) is 0.240. The van der Waals surface area contributed by atoms with Crippen LogP contribution in [0.2, 0.25) is 5.02 Å². The normalized spacial score (nSPS) is 12.1. The molecule has 2 aromatic heterocycles. The summed E-state index contributed by atoms with van der Waals surface area (Å²) in [6.45, 7) is 4.66. The van der Waals surface area contributed by atoms with Gasteiger partial charge in [0.25, 0.3) is 5.56 Å². The molecule has 0 aliphatic rings. The molecule has 32 heavy (non-hydrogen) atoms. The first-order valence-corrected chi connectivity index (χ1v) is 11.0. The lowest BCUT2D eigenvalue weighted by atomic mass is 10.0. The van der Waals surface area contributed by atoms with E-state index in [9.17, 15) is 9.59 Å². The van der Waals surface area contributed by atoms with Crippen molar-refractivity contribution in [2.75, 3.05) is 0 Å². The van der Waals surface area contributed by atoms with E-state index in [0.717, 1.165) is 28.6 Å². The maximum Gasteiger partial charge on any atom is 0.251 e. The molecule has 0 unspecified atom stereocenters. The van der Waals surface area contributed by atoms with Crippen molar-refractivity contribution >= 4 is 28.4 Å². The number of fused-ring (bicyclic) bond motifs is 1. The van der Waals surface area contributed by atoms with Crippen LogP contribution in [-0.2, 0) is 24.2 Å². The smallest absolute Gasteiger partial charge is 0.251 e. The number of benzene rings is 2. The summed E-state index contributed by atoms with van der Waals surface area (Å²) in [6, 6.07) is 16.6. The second-order valence-electron chi connectivity index (χ2n) is 7.83. The largest absolute Gasteiger partial charge is 0.349 e. The third kappa shape index (κ3) is 4.92. The lowest BCUT2D eigenvalue weighted by Gasteiger charge is -2.19. The minimum absolute atomic E-state index is 0.0921. The molecule has 2 heterocycles. The number of carbonyl (C=O) groups excluding carboxylic acids is 1. The van der Waals surface area contributed by atoms with Crippen LogP contribution in [0.3, 0.4) is 0 Å². The summed E-state index contributed by atoms with van der Waals surface area (Å²) in [6.07, 6.45) is 2.71. The van der Waals surface area contributed by atoms with Gasteiger partial charge in [0.15, 0.2) is 0 Å². The van der Waals surface area contributed by atoms with Crippen LogP contribution < -0.4 is 10.9 Å². The molecule has 4 rings (SSSR count). The van der Waals surface area contributed by atoms with E-state index in [2.05, 4.69) is 32.8 Å². The van der Waals surface area contributed by atoms with Crippen molar-refractivity contribution in [3.63, 3.8) is 0 Å². The Morgan fingerprint density at radius 3 is 2.66 bits per heavy atom. The van der Waals surface area contributed by atoms with Gasteiger partial charge in [0, 0.05) is 41.2 Å². The van der Waals surface area contributed by atoms with Crippen LogP contribution in [0.15, 0.2) is 65.6 Å². The van der Waals surface area contributed by atoms with E-state index < -0.39 is 0 Å². The molecule has 0 saturated carbocycles. The SMILES string of the molecule is CCn1cc(CC(=O)N[C@H](Cc2cc(=O)[nH]c(C)n2)c2ccc(Cl)cc2)c2ccccc21. The number of amides is 1. The van der Waals surface area contributed by atoms with Crippen molar-refractivity contribution in [3.8, 4) is 0 Å². The number of hydrogen-bond acceptors (Lipinski definition) is 3. The van der Waals surface area contributed by atoms with E-state index in [0.29, 0.717) is 23.0 Å². The second-order valence-corrected chi connectivity index (χ2v) is 8.27. The number of aryl methyl sites for hydroxylation is 2. The summed E-state index contributed by atoms with van der Waals surface area (Å²) in [5, 5.41) is 4.84. The highest BCUT2D eigenvalue weighted by atomic mass is 35.5. The summed E-state index contributed by atoms with van der Waals surface area (Å²) in [5.41, 5.74) is 3.42. The average Bonchev–Trinajstić information content (AvgIpc) is 3.11. The molecular weight excluding hydrogens is 424 g/mol. The van der Waals surface area contributed by atoms with Crippen molar-refractivity contribution in [1.29, 1.82) is 0 Å². The lowest BCUT2D eigenvalue weighted by Crippen LogP contribution is -2.31. The Bertz CT molecular complexity index is 1310. The average molecular weight is 449 g/mol. The number of hydrogen-bond donors (Lipinski definition) is 2. The zero-order valence-electron chi connectivity index (χ0n) is 18.1. The van der Waals surface area contributed by atoms with Crippen LogP contribution in [0.1, 0.15) is 35.6 Å². The number of H-pyrrole nitrogens is 1. The predicted molar refractivity (Wildman–Crippen MR) is 127 cm³/mol. The van der Waals surface area contributed by atoms with Crippen LogP contribution in [0.5, 0.6) is 0 Å². The summed E-state index contributed by atoms with van der Waals surface area (Å²) in [4.78, 5) is 32.1. The summed E-state index contributed by atoms with van der Waals surface area (Å²) in [7, 11) is 0. The Labute approximate surface area is 191 Å². The first kappa shape index (κ1) is 21.8. The number of halogens is 1. The predicted octanol–water partition coefficient (Wildman–Crippen LogP) is 4.35. The van der Waals surface area contributed by atoms with Crippen molar-refractivity contribution in [3.05, 3.63) is 98.8 Å². The highest BCUT2D eigenvalue weighted by Crippen LogP contribution is 2.23. The minimum Gasteiger partial charge on any atom is -0.349 e. The number of carbonyl (C=O) groups is 1. The van der Waals surface area contributed by atoms with Crippen LogP contribution in [0, 0.1) is 6.92 Å². The second kappa shape index (κ2) is 9.40. The van der Waals surface area contributed by atoms with Gasteiger partial charge in [-0.05, 0) is 43.2 Å². The summed E-state index contributed by atoms with van der Waals surface area (Å²) in [5.74, 6) is 0.451. The minimum atomic E-state index is -0.340. The molecule has 164 valence electrons. The molecule has 2 aromatic carbocycles. The van der Waals surface area contributed by atoms with Crippen LogP contribution in [-0.4, -0.2) is 20.4 Å². The maximum absolute atomic E-state index is 13.1. The molecule has 7 heteroatoms. The van der Waals surface area contributed by atoms with Crippen LogP contribution in [0.4, 0.5) is 0 Å². The van der Waals surface area contributed by atoms with Crippen molar-refractivity contribution < 1.29 is 4.79 Å². The number of para-hydroxylation sites is 1. The van der Waals surface area contributed by atoms with E-state index in [1.165, 1.54) is 6.07 Å². The van der Waals surface area contributed by atoms with Crippen LogP contribution in [0.25, 0.3) is 10.9 Å². The lowest BCUT2D eigenvalue weighted by molar-refractivity contribution is -0.121. The van der Waals surface area contributed by atoms with E-state index >= 15 is 0 Å². The van der Waals surface area contributed by atoms with Gasteiger partial charge in [0.05, 0.1) is 18.2 Å². The molecular formula is C25H25ClN4O2. The molecule has 0 fully saturated rings. The number of nitrogens with zero attached hydrogens (tertiary/aromatic N) is 2.